The molecule has 3 unspecified atom stereocenters. The fourth-order valence-corrected chi connectivity index (χ4v) is 5.02. The van der Waals surface area contributed by atoms with E-state index in [1.54, 1.807) is 13.3 Å². The van der Waals surface area contributed by atoms with Crippen LogP contribution in [0.3, 0.4) is 0 Å². The Hall–Kier alpha value is -2.48. The highest BCUT2D eigenvalue weighted by atomic mass is 35.5. The Kier molecular flexibility index (Phi) is 9.35. The van der Waals surface area contributed by atoms with Crippen LogP contribution in [0.4, 0.5) is 11.6 Å². The molecule has 10 heteroatoms. The molecule has 0 aromatic carbocycles. The number of nitriles is 1. The zero-order chi connectivity index (χ0) is 25.4. The Bertz CT molecular complexity index is 1040. The molecule has 3 atom stereocenters. The van der Waals surface area contributed by atoms with E-state index in [2.05, 4.69) is 27.0 Å². The molecule has 2 fully saturated rings. The first-order valence-corrected chi connectivity index (χ1v) is 12.9. The number of aromatic nitrogens is 2. The summed E-state index contributed by atoms with van der Waals surface area (Å²) >= 11 is 6.51. The standard InChI is InChI=1S/C26H35ClN6O3/c1-35-12-9-29-22-6-5-18(13-23(22)34)32-25-14-19(20(27)15-30-25)21-3-2-4-24(33-21)31-17-26(16-28)7-10-36-11-8-26/h2-4,14-15,18,22-23,29,34H,5-13,17H2,1H3,(H,30,32)(H,31,33). The SMILES string of the molecule is COCCNC1CCC(Nc2cc(-c3cccc(NCC4(C#N)CCOCC4)n3)c(Cl)cn2)CC1O. The van der Waals surface area contributed by atoms with Gasteiger partial charge in [-0.1, -0.05) is 17.7 Å². The minimum atomic E-state index is -0.440. The highest BCUT2D eigenvalue weighted by Crippen LogP contribution is 2.32. The Morgan fingerprint density at radius 3 is 2.86 bits per heavy atom. The third-order valence-electron chi connectivity index (χ3n) is 7.06. The number of aliphatic hydroxyl groups is 1. The molecule has 9 nitrogen and oxygen atoms in total. The van der Waals surface area contributed by atoms with E-state index in [4.69, 9.17) is 26.1 Å². The molecule has 2 aromatic heterocycles. The number of rotatable bonds is 10. The monoisotopic (exact) mass is 514 g/mol. The first kappa shape index (κ1) is 26.6. The van der Waals surface area contributed by atoms with E-state index in [0.29, 0.717) is 62.3 Å². The van der Waals surface area contributed by atoms with Crippen molar-refractivity contribution in [3.8, 4) is 17.3 Å². The van der Waals surface area contributed by atoms with Crippen molar-refractivity contribution in [3.63, 3.8) is 0 Å². The topological polar surface area (TPSA) is 124 Å². The van der Waals surface area contributed by atoms with Crippen LogP contribution in [0.2, 0.25) is 5.02 Å². The minimum absolute atomic E-state index is 0.0766. The molecule has 4 N–H and O–H groups in total. The molecule has 1 saturated heterocycles. The quantitative estimate of drug-likeness (QED) is 0.353. The van der Waals surface area contributed by atoms with Gasteiger partial charge in [0, 0.05) is 57.3 Å². The van der Waals surface area contributed by atoms with Crippen LogP contribution in [0.25, 0.3) is 11.3 Å². The molecule has 1 aliphatic carbocycles. The van der Waals surface area contributed by atoms with E-state index in [9.17, 15) is 10.4 Å². The summed E-state index contributed by atoms with van der Waals surface area (Å²) in [6, 6.07) is 10.3. The Morgan fingerprint density at radius 1 is 1.28 bits per heavy atom. The molecule has 0 bridgehead atoms. The van der Waals surface area contributed by atoms with Gasteiger partial charge in [-0.2, -0.15) is 5.26 Å². The summed E-state index contributed by atoms with van der Waals surface area (Å²) in [5.41, 5.74) is 1.05. The van der Waals surface area contributed by atoms with Gasteiger partial charge in [-0.05, 0) is 50.3 Å². The fourth-order valence-electron chi connectivity index (χ4n) is 4.82. The van der Waals surface area contributed by atoms with Gasteiger partial charge in [0.15, 0.2) is 0 Å². The molecule has 1 saturated carbocycles. The molecule has 0 radical (unpaired) electrons. The van der Waals surface area contributed by atoms with Gasteiger partial charge in [-0.3, -0.25) is 0 Å². The summed E-state index contributed by atoms with van der Waals surface area (Å²) in [5, 5.41) is 31.0. The van der Waals surface area contributed by atoms with Crippen molar-refractivity contribution in [2.24, 2.45) is 5.41 Å². The molecule has 0 amide bonds. The highest BCUT2D eigenvalue weighted by molar-refractivity contribution is 6.33. The third kappa shape index (κ3) is 6.84. The van der Waals surface area contributed by atoms with Crippen molar-refractivity contribution in [3.05, 3.63) is 35.5 Å². The van der Waals surface area contributed by atoms with Crippen molar-refractivity contribution >= 4 is 23.2 Å². The van der Waals surface area contributed by atoms with Crippen molar-refractivity contribution in [1.29, 1.82) is 5.26 Å². The van der Waals surface area contributed by atoms with Crippen molar-refractivity contribution in [2.75, 3.05) is 50.7 Å². The van der Waals surface area contributed by atoms with Crippen molar-refractivity contribution < 1.29 is 14.6 Å². The van der Waals surface area contributed by atoms with Crippen LogP contribution in [0.15, 0.2) is 30.5 Å². The van der Waals surface area contributed by atoms with Crippen molar-refractivity contribution in [2.45, 2.75) is 50.3 Å². The van der Waals surface area contributed by atoms with Crippen LogP contribution in [0.1, 0.15) is 32.1 Å². The molecule has 0 spiro atoms. The van der Waals surface area contributed by atoms with Gasteiger partial charge < -0.3 is 30.5 Å². The highest BCUT2D eigenvalue weighted by Gasteiger charge is 2.32. The van der Waals surface area contributed by atoms with Gasteiger partial charge in [0.1, 0.15) is 11.6 Å². The minimum Gasteiger partial charge on any atom is -0.391 e. The molecule has 1 aliphatic heterocycles. The number of halogens is 1. The van der Waals surface area contributed by atoms with Crippen LogP contribution >= 0.6 is 11.6 Å². The average Bonchev–Trinajstić information content (AvgIpc) is 2.91. The zero-order valence-electron chi connectivity index (χ0n) is 20.7. The summed E-state index contributed by atoms with van der Waals surface area (Å²) in [6.07, 6.45) is 5.04. The molecular weight excluding hydrogens is 480 g/mol. The normalized spacial score (nSPS) is 23.6. The number of pyridine rings is 2. The average molecular weight is 515 g/mol. The van der Waals surface area contributed by atoms with E-state index < -0.39 is 11.5 Å². The summed E-state index contributed by atoms with van der Waals surface area (Å²) in [4.78, 5) is 9.20. The lowest BCUT2D eigenvalue weighted by Gasteiger charge is -2.34. The van der Waals surface area contributed by atoms with Gasteiger partial charge in [0.25, 0.3) is 0 Å². The number of methoxy groups -OCH3 is 1. The van der Waals surface area contributed by atoms with Crippen molar-refractivity contribution in [1.82, 2.24) is 15.3 Å². The number of nitrogens with zero attached hydrogens (tertiary/aromatic N) is 3. The summed E-state index contributed by atoms with van der Waals surface area (Å²) in [7, 11) is 1.67. The van der Waals surface area contributed by atoms with Crippen LogP contribution in [0, 0.1) is 16.7 Å². The molecule has 194 valence electrons. The maximum atomic E-state index is 10.6. The third-order valence-corrected chi connectivity index (χ3v) is 7.36. The smallest absolute Gasteiger partial charge is 0.126 e. The van der Waals surface area contributed by atoms with Gasteiger partial charge in [0.2, 0.25) is 0 Å². The van der Waals surface area contributed by atoms with Crippen LogP contribution < -0.4 is 16.0 Å². The van der Waals surface area contributed by atoms with E-state index in [-0.39, 0.29) is 12.1 Å². The number of hydrogen-bond donors (Lipinski definition) is 4. The Morgan fingerprint density at radius 2 is 2.11 bits per heavy atom. The molecule has 36 heavy (non-hydrogen) atoms. The molecule has 2 aromatic rings. The van der Waals surface area contributed by atoms with Gasteiger partial charge in [-0.15, -0.1) is 0 Å². The van der Waals surface area contributed by atoms with Gasteiger partial charge in [-0.25, -0.2) is 9.97 Å². The summed E-state index contributed by atoms with van der Waals surface area (Å²) in [5.74, 6) is 1.39. The fraction of sp³-hybridized carbons (Fsp3) is 0.577. The Balaban J connectivity index is 1.40. The maximum absolute atomic E-state index is 10.6. The van der Waals surface area contributed by atoms with E-state index in [1.807, 2.05) is 24.3 Å². The molecule has 4 rings (SSSR count). The second-order valence-corrected chi connectivity index (χ2v) is 10.00. The lowest BCUT2D eigenvalue weighted by Crippen LogP contribution is -2.48. The largest absolute Gasteiger partial charge is 0.391 e. The van der Waals surface area contributed by atoms with Crippen LogP contribution in [0.5, 0.6) is 0 Å². The maximum Gasteiger partial charge on any atom is 0.126 e. The lowest BCUT2D eigenvalue weighted by atomic mass is 9.82. The predicted octanol–water partition coefficient (Wildman–Crippen LogP) is 3.46. The van der Waals surface area contributed by atoms with Gasteiger partial charge in [0.05, 0.1) is 34.9 Å². The second kappa shape index (κ2) is 12.7. The van der Waals surface area contributed by atoms with Crippen LogP contribution in [-0.2, 0) is 9.47 Å². The van der Waals surface area contributed by atoms with Gasteiger partial charge >= 0.3 is 0 Å². The molecule has 3 heterocycles. The van der Waals surface area contributed by atoms with E-state index in [1.165, 1.54) is 0 Å². The number of aliphatic hydroxyl groups excluding tert-OH is 1. The zero-order valence-corrected chi connectivity index (χ0v) is 21.4. The van der Waals surface area contributed by atoms with E-state index in [0.717, 1.165) is 30.6 Å². The van der Waals surface area contributed by atoms with Crippen LogP contribution in [-0.4, -0.2) is 73.3 Å². The summed E-state index contributed by atoms with van der Waals surface area (Å²) < 4.78 is 10.5. The predicted molar refractivity (Wildman–Crippen MR) is 140 cm³/mol. The second-order valence-electron chi connectivity index (χ2n) is 9.59. The first-order valence-electron chi connectivity index (χ1n) is 12.5. The first-order chi connectivity index (χ1) is 17.5. The number of ether oxygens (including phenoxy) is 2. The molecule has 2 aliphatic rings. The number of nitrogens with one attached hydrogen (secondary N) is 3. The summed E-state index contributed by atoms with van der Waals surface area (Å²) in [6.45, 7) is 3.08. The number of hydrogen-bond acceptors (Lipinski definition) is 9. The number of anilines is 2. The lowest BCUT2D eigenvalue weighted by molar-refractivity contribution is 0.0455. The molecular formula is C26H35ClN6O3. The Labute approximate surface area is 217 Å². The van der Waals surface area contributed by atoms with E-state index >= 15 is 0 Å².